The Morgan fingerprint density at radius 3 is 2.82 bits per heavy atom. The number of benzene rings is 1. The van der Waals surface area contributed by atoms with Gasteiger partial charge in [-0.25, -0.2) is 5.10 Å². The van der Waals surface area contributed by atoms with Crippen LogP contribution in [0.1, 0.15) is 18.2 Å². The van der Waals surface area contributed by atoms with E-state index in [1.165, 1.54) is 5.56 Å². The zero-order valence-corrected chi connectivity index (χ0v) is 13.1. The number of nitrogens with zero attached hydrogens (tertiary/aromatic N) is 3. The summed E-state index contributed by atoms with van der Waals surface area (Å²) in [6.45, 7) is 2.13. The van der Waals surface area contributed by atoms with Crippen LogP contribution in [0.2, 0.25) is 0 Å². The number of H-pyrrole nitrogens is 1. The molecule has 0 aliphatic heterocycles. The van der Waals surface area contributed by atoms with Gasteiger partial charge in [-0.05, 0) is 30.2 Å². The largest absolute Gasteiger partial charge is 0.324 e. The molecule has 2 aromatic heterocycles. The van der Waals surface area contributed by atoms with Crippen molar-refractivity contribution in [2.24, 2.45) is 0 Å². The number of aryl methyl sites for hydroxylation is 1. The molecule has 1 aromatic carbocycles. The van der Waals surface area contributed by atoms with Crippen molar-refractivity contribution in [1.82, 2.24) is 20.2 Å². The lowest BCUT2D eigenvalue weighted by molar-refractivity contribution is 0.971. The normalized spacial score (nSPS) is 10.6. The summed E-state index contributed by atoms with van der Waals surface area (Å²) in [5.41, 5.74) is 3.33. The highest BCUT2D eigenvalue weighted by Gasteiger charge is 2.06. The van der Waals surface area contributed by atoms with E-state index in [0.29, 0.717) is 11.1 Å². The first-order valence-corrected chi connectivity index (χ1v) is 8.13. The zero-order valence-electron chi connectivity index (χ0n) is 12.3. The molecule has 0 amide bonds. The van der Waals surface area contributed by atoms with E-state index in [0.717, 1.165) is 23.6 Å². The molecule has 0 bridgehead atoms. The van der Waals surface area contributed by atoms with Crippen molar-refractivity contribution in [2.45, 2.75) is 24.3 Å². The number of thioether (sulfide) groups is 1. The lowest BCUT2D eigenvalue weighted by Gasteiger charge is -2.07. The van der Waals surface area contributed by atoms with Gasteiger partial charge in [0.25, 0.3) is 0 Å². The van der Waals surface area contributed by atoms with Gasteiger partial charge >= 0.3 is 0 Å². The first-order chi connectivity index (χ1) is 10.8. The van der Waals surface area contributed by atoms with Gasteiger partial charge < -0.3 is 5.32 Å². The van der Waals surface area contributed by atoms with Crippen molar-refractivity contribution in [2.75, 3.05) is 5.32 Å². The van der Waals surface area contributed by atoms with E-state index in [9.17, 15) is 0 Å². The predicted molar refractivity (Wildman–Crippen MR) is 89.3 cm³/mol. The number of rotatable bonds is 6. The van der Waals surface area contributed by atoms with Crippen LogP contribution >= 0.6 is 11.8 Å². The van der Waals surface area contributed by atoms with E-state index >= 15 is 0 Å². The number of para-hydroxylation sites is 1. The SMILES string of the molecule is CCc1ccccc1Nc1nc(SCc2ccccn2)n[nH]1. The van der Waals surface area contributed by atoms with Crippen LogP contribution in [0.4, 0.5) is 11.6 Å². The first kappa shape index (κ1) is 14.6. The molecule has 0 saturated carbocycles. The van der Waals surface area contributed by atoms with Gasteiger partial charge in [-0.2, -0.15) is 4.98 Å². The number of anilines is 2. The summed E-state index contributed by atoms with van der Waals surface area (Å²) in [6.07, 6.45) is 2.77. The smallest absolute Gasteiger partial charge is 0.223 e. The molecule has 0 aliphatic rings. The standard InChI is InChI=1S/C16H17N5S/c1-2-12-7-3-4-9-14(12)18-15-19-16(21-20-15)22-11-13-8-5-6-10-17-13/h3-10H,2,11H2,1H3,(H2,18,19,20,21). The highest BCUT2D eigenvalue weighted by molar-refractivity contribution is 7.98. The molecule has 0 saturated heterocycles. The Bertz CT molecular complexity index is 726. The highest BCUT2D eigenvalue weighted by atomic mass is 32.2. The van der Waals surface area contributed by atoms with Gasteiger partial charge in [0.1, 0.15) is 0 Å². The maximum Gasteiger partial charge on any atom is 0.223 e. The Morgan fingerprint density at radius 1 is 1.14 bits per heavy atom. The molecule has 112 valence electrons. The van der Waals surface area contributed by atoms with Gasteiger partial charge in [0.05, 0.1) is 5.69 Å². The van der Waals surface area contributed by atoms with Crippen molar-refractivity contribution >= 4 is 23.4 Å². The second-order valence-electron chi connectivity index (χ2n) is 4.71. The number of aromatic nitrogens is 4. The van der Waals surface area contributed by atoms with E-state index in [2.05, 4.69) is 38.5 Å². The van der Waals surface area contributed by atoms with Crippen LogP contribution in [-0.2, 0) is 12.2 Å². The van der Waals surface area contributed by atoms with E-state index in [-0.39, 0.29) is 0 Å². The number of nitrogens with one attached hydrogen (secondary N) is 2. The van der Waals surface area contributed by atoms with Crippen LogP contribution < -0.4 is 5.32 Å². The van der Waals surface area contributed by atoms with Crippen LogP contribution in [0.3, 0.4) is 0 Å². The van der Waals surface area contributed by atoms with Gasteiger partial charge in [-0.3, -0.25) is 4.98 Å². The van der Waals surface area contributed by atoms with Crippen molar-refractivity contribution in [3.8, 4) is 0 Å². The van der Waals surface area contributed by atoms with Crippen LogP contribution in [0.25, 0.3) is 0 Å². The van der Waals surface area contributed by atoms with E-state index in [1.807, 2.05) is 36.4 Å². The Hall–Kier alpha value is -2.34. The molecule has 0 unspecified atom stereocenters. The molecule has 0 radical (unpaired) electrons. The van der Waals surface area contributed by atoms with Gasteiger partial charge in [0.2, 0.25) is 11.1 Å². The predicted octanol–water partition coefficient (Wildman–Crippen LogP) is 3.80. The van der Waals surface area contributed by atoms with Crippen molar-refractivity contribution in [3.05, 3.63) is 59.9 Å². The van der Waals surface area contributed by atoms with Gasteiger partial charge in [-0.15, -0.1) is 5.10 Å². The molecular weight excluding hydrogens is 294 g/mol. The summed E-state index contributed by atoms with van der Waals surface area (Å²) in [6, 6.07) is 14.1. The molecule has 3 rings (SSSR count). The second kappa shape index (κ2) is 7.09. The number of hydrogen-bond acceptors (Lipinski definition) is 5. The molecule has 5 nitrogen and oxygen atoms in total. The Balaban J connectivity index is 1.64. The lowest BCUT2D eigenvalue weighted by Crippen LogP contribution is -1.96. The quantitative estimate of drug-likeness (QED) is 0.678. The van der Waals surface area contributed by atoms with Gasteiger partial charge in [0.15, 0.2) is 0 Å². The molecule has 0 atom stereocenters. The van der Waals surface area contributed by atoms with E-state index in [1.54, 1.807) is 18.0 Å². The van der Waals surface area contributed by atoms with Crippen LogP contribution in [0.15, 0.2) is 53.8 Å². The maximum atomic E-state index is 4.45. The molecule has 0 aliphatic carbocycles. The summed E-state index contributed by atoms with van der Waals surface area (Å²) in [5, 5.41) is 11.1. The third-order valence-electron chi connectivity index (χ3n) is 3.19. The van der Waals surface area contributed by atoms with Crippen molar-refractivity contribution in [3.63, 3.8) is 0 Å². The van der Waals surface area contributed by atoms with E-state index < -0.39 is 0 Å². The summed E-state index contributed by atoms with van der Waals surface area (Å²) in [4.78, 5) is 8.74. The number of hydrogen-bond donors (Lipinski definition) is 2. The Kier molecular flexibility index (Phi) is 4.70. The fourth-order valence-electron chi connectivity index (χ4n) is 2.07. The monoisotopic (exact) mass is 311 g/mol. The molecule has 6 heteroatoms. The van der Waals surface area contributed by atoms with Crippen LogP contribution in [0.5, 0.6) is 0 Å². The molecule has 2 N–H and O–H groups in total. The lowest BCUT2D eigenvalue weighted by atomic mass is 10.1. The molecule has 0 fully saturated rings. The van der Waals surface area contributed by atoms with Gasteiger partial charge in [0, 0.05) is 17.6 Å². The molecule has 0 spiro atoms. The number of pyridine rings is 1. The van der Waals surface area contributed by atoms with Gasteiger partial charge in [-0.1, -0.05) is 43.0 Å². The first-order valence-electron chi connectivity index (χ1n) is 7.15. The number of aromatic amines is 1. The second-order valence-corrected chi connectivity index (χ2v) is 5.65. The van der Waals surface area contributed by atoms with Crippen molar-refractivity contribution in [1.29, 1.82) is 0 Å². The summed E-state index contributed by atoms with van der Waals surface area (Å²) < 4.78 is 0. The third-order valence-corrected chi connectivity index (χ3v) is 4.07. The summed E-state index contributed by atoms with van der Waals surface area (Å²) in [7, 11) is 0. The molecular formula is C16H17N5S. The van der Waals surface area contributed by atoms with Crippen LogP contribution in [0, 0.1) is 0 Å². The Morgan fingerprint density at radius 2 is 2.00 bits per heavy atom. The third kappa shape index (κ3) is 3.65. The Labute approximate surface area is 133 Å². The van der Waals surface area contributed by atoms with E-state index in [4.69, 9.17) is 0 Å². The van der Waals surface area contributed by atoms with Crippen LogP contribution in [-0.4, -0.2) is 20.2 Å². The zero-order chi connectivity index (χ0) is 15.2. The topological polar surface area (TPSA) is 66.5 Å². The molecule has 2 heterocycles. The minimum atomic E-state index is 0.657. The van der Waals surface area contributed by atoms with Crippen molar-refractivity contribution < 1.29 is 0 Å². The fraction of sp³-hybridized carbons (Fsp3) is 0.188. The minimum Gasteiger partial charge on any atom is -0.324 e. The molecule has 22 heavy (non-hydrogen) atoms. The average molecular weight is 311 g/mol. The summed E-state index contributed by atoms with van der Waals surface area (Å²) in [5.74, 6) is 1.41. The highest BCUT2D eigenvalue weighted by Crippen LogP contribution is 2.22. The summed E-state index contributed by atoms with van der Waals surface area (Å²) >= 11 is 1.56. The molecule has 3 aromatic rings. The maximum absolute atomic E-state index is 4.45. The minimum absolute atomic E-state index is 0.657. The average Bonchev–Trinajstić information content (AvgIpc) is 3.02. The fourth-order valence-corrected chi connectivity index (χ4v) is 2.78.